The first kappa shape index (κ1) is 75.4. The van der Waals surface area contributed by atoms with Gasteiger partial charge in [0, 0.05) is 19.3 Å². The fourth-order valence-electron chi connectivity index (χ4n) is 10.3. The summed E-state index contributed by atoms with van der Waals surface area (Å²) in [4.78, 5) is 38.4. The Balaban J connectivity index is 4.20. The van der Waals surface area contributed by atoms with Crippen LogP contribution in [0.1, 0.15) is 374 Å². The van der Waals surface area contributed by atoms with Crippen molar-refractivity contribution in [2.45, 2.75) is 380 Å². The molecule has 0 radical (unpaired) electrons. The Bertz CT molecular complexity index is 1350. The van der Waals surface area contributed by atoms with Crippen LogP contribution in [0.4, 0.5) is 0 Å². The van der Waals surface area contributed by atoms with E-state index in [2.05, 4.69) is 69.4 Å². The lowest BCUT2D eigenvalue weighted by Crippen LogP contribution is -2.30. The molecule has 0 aliphatic rings. The lowest BCUT2D eigenvalue weighted by atomic mass is 10.0. The summed E-state index contributed by atoms with van der Waals surface area (Å²) in [5, 5.41) is 0. The summed E-state index contributed by atoms with van der Waals surface area (Å²) in [6, 6.07) is 0. The van der Waals surface area contributed by atoms with Gasteiger partial charge in [0.15, 0.2) is 6.10 Å². The zero-order valence-electron chi connectivity index (χ0n) is 52.5. The van der Waals surface area contributed by atoms with Gasteiger partial charge < -0.3 is 14.2 Å². The zero-order valence-corrected chi connectivity index (χ0v) is 52.5. The second kappa shape index (κ2) is 66.9. The summed E-state index contributed by atoms with van der Waals surface area (Å²) in [5.41, 5.74) is 0. The van der Waals surface area contributed by atoms with E-state index < -0.39 is 6.10 Å². The first-order valence-electron chi connectivity index (χ1n) is 34.6. The van der Waals surface area contributed by atoms with E-state index in [-0.39, 0.29) is 31.1 Å². The molecule has 1 atom stereocenters. The summed E-state index contributed by atoms with van der Waals surface area (Å²) >= 11 is 0. The van der Waals surface area contributed by atoms with Gasteiger partial charge in [-0.05, 0) is 96.3 Å². The van der Waals surface area contributed by atoms with Gasteiger partial charge >= 0.3 is 17.9 Å². The molecule has 0 bridgehead atoms. The van der Waals surface area contributed by atoms with Crippen LogP contribution in [0.5, 0.6) is 0 Å². The van der Waals surface area contributed by atoms with Crippen LogP contribution in [-0.2, 0) is 28.6 Å². The molecule has 78 heavy (non-hydrogen) atoms. The molecular weight excluding hydrogens is 961 g/mol. The van der Waals surface area contributed by atoms with Crippen LogP contribution in [0.3, 0.4) is 0 Å². The first-order chi connectivity index (χ1) is 38.5. The molecule has 456 valence electrons. The molecule has 0 aromatic carbocycles. The number of esters is 3. The number of carbonyl (C=O) groups excluding carboxylic acids is 3. The van der Waals surface area contributed by atoms with Gasteiger partial charge in [-0.25, -0.2) is 0 Å². The van der Waals surface area contributed by atoms with Crippen molar-refractivity contribution >= 4 is 17.9 Å². The maximum atomic E-state index is 12.9. The van der Waals surface area contributed by atoms with Gasteiger partial charge in [-0.2, -0.15) is 0 Å². The van der Waals surface area contributed by atoms with Crippen LogP contribution in [0.2, 0.25) is 0 Å². The van der Waals surface area contributed by atoms with E-state index in [0.29, 0.717) is 19.3 Å². The van der Waals surface area contributed by atoms with Crippen LogP contribution in [0.25, 0.3) is 0 Å². The molecule has 0 fully saturated rings. The number of hydrogen-bond acceptors (Lipinski definition) is 6. The van der Waals surface area contributed by atoms with Crippen LogP contribution in [0.15, 0.2) is 48.6 Å². The molecule has 0 saturated heterocycles. The predicted octanol–water partition coefficient (Wildman–Crippen LogP) is 23.7. The van der Waals surface area contributed by atoms with Crippen LogP contribution < -0.4 is 0 Å². The molecule has 0 amide bonds. The second-order valence-electron chi connectivity index (χ2n) is 23.4. The fraction of sp³-hybridized carbons (Fsp3) is 0.847. The van der Waals surface area contributed by atoms with Crippen molar-refractivity contribution in [3.05, 3.63) is 48.6 Å². The van der Waals surface area contributed by atoms with Crippen LogP contribution in [0, 0.1) is 0 Å². The number of rotatable bonds is 64. The van der Waals surface area contributed by atoms with Gasteiger partial charge in [0.25, 0.3) is 0 Å². The Kier molecular flexibility index (Phi) is 64.6. The van der Waals surface area contributed by atoms with E-state index >= 15 is 0 Å². The molecule has 1 unspecified atom stereocenters. The Labute approximate surface area is 486 Å². The number of carbonyl (C=O) groups is 3. The van der Waals surface area contributed by atoms with Crippen molar-refractivity contribution in [3.8, 4) is 0 Å². The molecule has 0 N–H and O–H groups in total. The minimum Gasteiger partial charge on any atom is -0.462 e. The van der Waals surface area contributed by atoms with E-state index in [4.69, 9.17) is 14.2 Å². The van der Waals surface area contributed by atoms with Crippen molar-refractivity contribution in [1.82, 2.24) is 0 Å². The number of allylic oxidation sites excluding steroid dienone is 8. The minimum absolute atomic E-state index is 0.0760. The molecule has 0 aromatic rings. The fourth-order valence-corrected chi connectivity index (χ4v) is 10.3. The highest BCUT2D eigenvalue weighted by Crippen LogP contribution is 2.18. The van der Waals surface area contributed by atoms with E-state index in [1.165, 1.54) is 257 Å². The number of unbranched alkanes of at least 4 members (excludes halogenated alkanes) is 45. The third kappa shape index (κ3) is 64.2. The zero-order chi connectivity index (χ0) is 56.4. The topological polar surface area (TPSA) is 78.9 Å². The minimum atomic E-state index is -0.781. The predicted molar refractivity (Wildman–Crippen MR) is 339 cm³/mol. The molecular formula is C72H132O6. The SMILES string of the molecule is CCCC/C=C\C/C=C\CCCCCCCC(=O)OCC(COC(=O)CCCCCCCCCCCCCCCCCCC/C=C\CCCCCCCCCC)OC(=O)CCCCCCCCC/C=C\CCCCCCCC. The molecule has 0 saturated carbocycles. The summed E-state index contributed by atoms with van der Waals surface area (Å²) in [5.74, 6) is -0.873. The highest BCUT2D eigenvalue weighted by molar-refractivity contribution is 5.71. The highest BCUT2D eigenvalue weighted by Gasteiger charge is 2.19. The maximum absolute atomic E-state index is 12.9. The van der Waals surface area contributed by atoms with E-state index in [0.717, 1.165) is 77.0 Å². The van der Waals surface area contributed by atoms with Gasteiger partial charge in [-0.1, -0.05) is 307 Å². The van der Waals surface area contributed by atoms with E-state index in [9.17, 15) is 14.4 Å². The third-order valence-electron chi connectivity index (χ3n) is 15.5. The monoisotopic (exact) mass is 1090 g/mol. The normalized spacial score (nSPS) is 12.3. The molecule has 0 aliphatic carbocycles. The third-order valence-corrected chi connectivity index (χ3v) is 15.5. The molecule has 0 aliphatic heterocycles. The molecule has 6 heteroatoms. The average Bonchev–Trinajstić information content (AvgIpc) is 3.44. The van der Waals surface area contributed by atoms with Gasteiger partial charge in [0.05, 0.1) is 0 Å². The van der Waals surface area contributed by atoms with E-state index in [1.807, 2.05) is 0 Å². The van der Waals surface area contributed by atoms with E-state index in [1.54, 1.807) is 0 Å². The number of hydrogen-bond donors (Lipinski definition) is 0. The summed E-state index contributed by atoms with van der Waals surface area (Å²) < 4.78 is 17.0. The molecule has 6 nitrogen and oxygen atoms in total. The van der Waals surface area contributed by atoms with Crippen LogP contribution in [-0.4, -0.2) is 37.2 Å². The summed E-state index contributed by atoms with van der Waals surface area (Å²) in [6.07, 6.45) is 84.3. The smallest absolute Gasteiger partial charge is 0.306 e. The van der Waals surface area contributed by atoms with Gasteiger partial charge in [-0.3, -0.25) is 14.4 Å². The van der Waals surface area contributed by atoms with Gasteiger partial charge in [0.2, 0.25) is 0 Å². The van der Waals surface area contributed by atoms with Crippen molar-refractivity contribution in [1.29, 1.82) is 0 Å². The molecule has 0 heterocycles. The lowest BCUT2D eigenvalue weighted by molar-refractivity contribution is -0.167. The Hall–Kier alpha value is -2.63. The Morgan fingerprint density at radius 1 is 0.256 bits per heavy atom. The lowest BCUT2D eigenvalue weighted by Gasteiger charge is -2.18. The summed E-state index contributed by atoms with van der Waals surface area (Å²) in [6.45, 7) is 6.64. The Morgan fingerprint density at radius 3 is 0.756 bits per heavy atom. The molecule has 0 spiro atoms. The van der Waals surface area contributed by atoms with Crippen molar-refractivity contribution in [2.75, 3.05) is 13.2 Å². The largest absolute Gasteiger partial charge is 0.462 e. The van der Waals surface area contributed by atoms with Crippen molar-refractivity contribution < 1.29 is 28.6 Å². The summed E-state index contributed by atoms with van der Waals surface area (Å²) in [7, 11) is 0. The maximum Gasteiger partial charge on any atom is 0.306 e. The molecule has 0 aromatic heterocycles. The second-order valence-corrected chi connectivity index (χ2v) is 23.4. The highest BCUT2D eigenvalue weighted by atomic mass is 16.6. The molecule has 0 rings (SSSR count). The van der Waals surface area contributed by atoms with Crippen LogP contribution >= 0.6 is 0 Å². The first-order valence-corrected chi connectivity index (χ1v) is 34.6. The van der Waals surface area contributed by atoms with Gasteiger partial charge in [-0.15, -0.1) is 0 Å². The number of ether oxygens (including phenoxy) is 3. The Morgan fingerprint density at radius 2 is 0.474 bits per heavy atom. The van der Waals surface area contributed by atoms with Gasteiger partial charge in [0.1, 0.15) is 13.2 Å². The standard InChI is InChI=1S/C72H132O6/c1-4-7-10-13-16-19-22-25-28-30-31-32-33-34-35-36-37-38-39-40-41-43-44-47-50-53-56-59-62-65-71(74)77-68-69(67-76-70(73)64-61-58-55-52-49-46-27-24-21-18-15-12-9-6-3)78-72(75)66-63-60-57-54-51-48-45-42-29-26-23-20-17-14-11-8-5-2/h15,18,24,26-27,29-31,69H,4-14,16-17,19-23,25,28,32-68H2,1-3H3/b18-15-,27-24-,29-26-,31-30-. The van der Waals surface area contributed by atoms with Crippen molar-refractivity contribution in [3.63, 3.8) is 0 Å². The quantitative estimate of drug-likeness (QED) is 0.0261. The van der Waals surface area contributed by atoms with Crippen molar-refractivity contribution in [2.24, 2.45) is 0 Å². The average molecular weight is 1090 g/mol.